The van der Waals surface area contributed by atoms with Crippen LogP contribution in [0.25, 0.3) is 0 Å². The van der Waals surface area contributed by atoms with E-state index in [1.165, 1.54) is 12.0 Å². The predicted octanol–water partition coefficient (Wildman–Crippen LogP) is -0.619. The lowest BCUT2D eigenvalue weighted by atomic mass is 10.0. The predicted molar refractivity (Wildman–Crippen MR) is 104 cm³/mol. The van der Waals surface area contributed by atoms with Crippen LogP contribution in [0.5, 0.6) is 0 Å². The summed E-state index contributed by atoms with van der Waals surface area (Å²) in [4.78, 5) is 53.2. The van der Waals surface area contributed by atoms with Gasteiger partial charge >= 0.3 is 0 Å². The van der Waals surface area contributed by atoms with Gasteiger partial charge in [-0.1, -0.05) is 18.2 Å². The molecule has 0 aromatic heterocycles. The molecule has 0 spiro atoms. The van der Waals surface area contributed by atoms with Crippen LogP contribution in [0.3, 0.4) is 0 Å². The third-order valence-electron chi connectivity index (χ3n) is 5.18. The van der Waals surface area contributed by atoms with E-state index in [1.807, 2.05) is 6.07 Å². The lowest BCUT2D eigenvalue weighted by Crippen LogP contribution is -2.64. The number of methoxy groups -OCH3 is 1. The van der Waals surface area contributed by atoms with E-state index in [1.54, 1.807) is 29.2 Å². The molecule has 2 fully saturated rings. The summed E-state index contributed by atoms with van der Waals surface area (Å²) in [6.45, 7) is 1.03. The molecule has 2 N–H and O–H groups in total. The van der Waals surface area contributed by atoms with E-state index in [-0.39, 0.29) is 37.4 Å². The molecule has 156 valence electrons. The van der Waals surface area contributed by atoms with Crippen molar-refractivity contribution in [3.63, 3.8) is 0 Å². The van der Waals surface area contributed by atoms with Gasteiger partial charge < -0.3 is 25.2 Å². The average molecular weight is 402 g/mol. The molecule has 1 aromatic carbocycles. The van der Waals surface area contributed by atoms with Crippen molar-refractivity contribution in [2.75, 3.05) is 39.9 Å². The molecule has 3 rings (SSSR count). The Kier molecular flexibility index (Phi) is 6.82. The first-order valence-electron chi connectivity index (χ1n) is 9.72. The van der Waals surface area contributed by atoms with E-state index in [0.717, 1.165) is 6.42 Å². The van der Waals surface area contributed by atoms with Gasteiger partial charge in [0.2, 0.25) is 17.7 Å². The Morgan fingerprint density at radius 1 is 1.21 bits per heavy atom. The zero-order valence-electron chi connectivity index (χ0n) is 16.4. The zero-order valence-corrected chi connectivity index (χ0v) is 16.4. The Bertz CT molecular complexity index is 769. The highest BCUT2D eigenvalue weighted by Crippen LogP contribution is 2.15. The van der Waals surface area contributed by atoms with E-state index in [0.29, 0.717) is 25.1 Å². The molecule has 2 atom stereocenters. The molecule has 2 aliphatic rings. The normalized spacial score (nSPS) is 22.0. The number of ether oxygens (including phenoxy) is 1. The Labute approximate surface area is 169 Å². The topological polar surface area (TPSA) is 108 Å². The van der Waals surface area contributed by atoms with Crippen molar-refractivity contribution in [2.24, 2.45) is 0 Å². The first-order chi connectivity index (χ1) is 14.0. The molecule has 0 bridgehead atoms. The van der Waals surface area contributed by atoms with Gasteiger partial charge in [-0.3, -0.25) is 19.2 Å². The number of nitrogens with zero attached hydrogens (tertiary/aromatic N) is 2. The second kappa shape index (κ2) is 9.51. The standard InChI is InChI=1S/C20H26N4O5/c1-29-13-17(25)24-11-10-23(20(28)14-6-3-2-4-7-14)12-16(24)19(27)22-15-8-5-9-21-18(15)26/h2-4,6-7,15-16H,5,8-13H2,1H3,(H,21,26)(H,22,27)/t15-,16-/m0/s1. The molecular formula is C20H26N4O5. The Hall–Kier alpha value is -2.94. The summed E-state index contributed by atoms with van der Waals surface area (Å²) in [5, 5.41) is 5.47. The molecule has 2 saturated heterocycles. The maximum atomic E-state index is 13.0. The van der Waals surface area contributed by atoms with E-state index in [4.69, 9.17) is 4.74 Å². The van der Waals surface area contributed by atoms with Gasteiger partial charge in [0.05, 0.1) is 6.54 Å². The average Bonchev–Trinajstić information content (AvgIpc) is 2.75. The lowest BCUT2D eigenvalue weighted by Gasteiger charge is -2.41. The third-order valence-corrected chi connectivity index (χ3v) is 5.18. The Balaban J connectivity index is 1.75. The van der Waals surface area contributed by atoms with Gasteiger partial charge in [0.1, 0.15) is 18.7 Å². The van der Waals surface area contributed by atoms with Crippen molar-refractivity contribution in [3.05, 3.63) is 35.9 Å². The van der Waals surface area contributed by atoms with Gasteiger partial charge in [-0.05, 0) is 25.0 Å². The Morgan fingerprint density at radius 2 is 1.97 bits per heavy atom. The fraction of sp³-hybridized carbons (Fsp3) is 0.500. The number of carbonyl (C=O) groups excluding carboxylic acids is 4. The van der Waals surface area contributed by atoms with E-state index in [2.05, 4.69) is 10.6 Å². The quantitative estimate of drug-likeness (QED) is 0.683. The summed E-state index contributed by atoms with van der Waals surface area (Å²) in [7, 11) is 1.41. The molecule has 1 aromatic rings. The number of piperidine rings is 1. The Morgan fingerprint density at radius 3 is 2.66 bits per heavy atom. The van der Waals surface area contributed by atoms with Crippen LogP contribution >= 0.6 is 0 Å². The number of nitrogens with one attached hydrogen (secondary N) is 2. The van der Waals surface area contributed by atoms with Crippen LogP contribution in [0.1, 0.15) is 23.2 Å². The molecule has 9 nitrogen and oxygen atoms in total. The minimum atomic E-state index is -0.881. The maximum Gasteiger partial charge on any atom is 0.253 e. The minimum Gasteiger partial charge on any atom is -0.375 e. The first-order valence-corrected chi connectivity index (χ1v) is 9.72. The number of carbonyl (C=O) groups is 4. The highest BCUT2D eigenvalue weighted by atomic mass is 16.5. The van der Waals surface area contributed by atoms with Crippen LogP contribution in [-0.2, 0) is 19.1 Å². The highest BCUT2D eigenvalue weighted by Gasteiger charge is 2.38. The number of benzene rings is 1. The maximum absolute atomic E-state index is 13.0. The monoisotopic (exact) mass is 402 g/mol. The van der Waals surface area contributed by atoms with Crippen LogP contribution in [-0.4, -0.2) is 85.4 Å². The molecule has 0 unspecified atom stereocenters. The first kappa shape index (κ1) is 20.8. The van der Waals surface area contributed by atoms with Crippen molar-refractivity contribution >= 4 is 23.6 Å². The van der Waals surface area contributed by atoms with Gasteiger partial charge in [-0.2, -0.15) is 0 Å². The molecule has 9 heteroatoms. The summed E-state index contributed by atoms with van der Waals surface area (Å²) in [6.07, 6.45) is 1.31. The summed E-state index contributed by atoms with van der Waals surface area (Å²) in [5.74, 6) is -1.19. The van der Waals surface area contributed by atoms with Crippen LogP contribution in [0, 0.1) is 0 Å². The van der Waals surface area contributed by atoms with Crippen molar-refractivity contribution in [2.45, 2.75) is 24.9 Å². The van der Waals surface area contributed by atoms with Crippen LogP contribution < -0.4 is 10.6 Å². The smallest absolute Gasteiger partial charge is 0.253 e. The van der Waals surface area contributed by atoms with Gasteiger partial charge in [-0.25, -0.2) is 0 Å². The molecular weight excluding hydrogens is 376 g/mol. The number of hydrogen-bond donors (Lipinski definition) is 2. The van der Waals surface area contributed by atoms with Gasteiger partial charge in [0.25, 0.3) is 5.91 Å². The lowest BCUT2D eigenvalue weighted by molar-refractivity contribution is -0.146. The van der Waals surface area contributed by atoms with E-state index < -0.39 is 18.0 Å². The van der Waals surface area contributed by atoms with Crippen molar-refractivity contribution < 1.29 is 23.9 Å². The van der Waals surface area contributed by atoms with Crippen molar-refractivity contribution in [1.29, 1.82) is 0 Å². The fourth-order valence-electron chi connectivity index (χ4n) is 3.64. The molecule has 29 heavy (non-hydrogen) atoms. The zero-order chi connectivity index (χ0) is 20.8. The summed E-state index contributed by atoms with van der Waals surface area (Å²) >= 11 is 0. The summed E-state index contributed by atoms with van der Waals surface area (Å²) in [5.41, 5.74) is 0.523. The number of amides is 4. The van der Waals surface area contributed by atoms with Crippen LogP contribution in [0.4, 0.5) is 0 Å². The molecule has 0 saturated carbocycles. The minimum absolute atomic E-state index is 0.0589. The van der Waals surface area contributed by atoms with Gasteiger partial charge in [-0.15, -0.1) is 0 Å². The van der Waals surface area contributed by atoms with Crippen molar-refractivity contribution in [3.8, 4) is 0 Å². The number of piperazine rings is 1. The number of rotatable bonds is 5. The SMILES string of the molecule is COCC(=O)N1CCN(C(=O)c2ccccc2)C[C@H]1C(=O)N[C@H]1CCCNC1=O. The van der Waals surface area contributed by atoms with Crippen LogP contribution in [0.15, 0.2) is 30.3 Å². The molecule has 4 amide bonds. The summed E-state index contributed by atoms with van der Waals surface area (Å²) in [6, 6.07) is 7.29. The highest BCUT2D eigenvalue weighted by molar-refractivity contribution is 5.96. The van der Waals surface area contributed by atoms with Gasteiger partial charge in [0, 0.05) is 32.3 Å². The third kappa shape index (κ3) is 4.92. The fourth-order valence-corrected chi connectivity index (χ4v) is 3.64. The molecule has 0 aliphatic carbocycles. The molecule has 0 radical (unpaired) electrons. The van der Waals surface area contributed by atoms with Gasteiger partial charge in [0.15, 0.2) is 0 Å². The second-order valence-electron chi connectivity index (χ2n) is 7.15. The largest absolute Gasteiger partial charge is 0.375 e. The van der Waals surface area contributed by atoms with E-state index >= 15 is 0 Å². The summed E-state index contributed by atoms with van der Waals surface area (Å²) < 4.78 is 4.93. The molecule has 2 heterocycles. The van der Waals surface area contributed by atoms with E-state index in [9.17, 15) is 19.2 Å². The number of hydrogen-bond acceptors (Lipinski definition) is 5. The second-order valence-corrected chi connectivity index (χ2v) is 7.15. The van der Waals surface area contributed by atoms with Crippen molar-refractivity contribution in [1.82, 2.24) is 20.4 Å². The molecule has 2 aliphatic heterocycles. The van der Waals surface area contributed by atoms with Crippen LogP contribution in [0.2, 0.25) is 0 Å².